The highest BCUT2D eigenvalue weighted by Crippen LogP contribution is 2.17. The van der Waals surface area contributed by atoms with Gasteiger partial charge in [0.05, 0.1) is 0 Å². The van der Waals surface area contributed by atoms with Crippen LogP contribution >= 0.6 is 0 Å². The highest BCUT2D eigenvalue weighted by atomic mass is 16.2. The molecule has 2 amide bonds. The van der Waals surface area contributed by atoms with Gasteiger partial charge in [0.1, 0.15) is 5.66 Å². The van der Waals surface area contributed by atoms with Crippen molar-refractivity contribution in [1.82, 2.24) is 10.6 Å². The highest BCUT2D eigenvalue weighted by molar-refractivity contribution is 5.99. The first-order valence-corrected chi connectivity index (χ1v) is 7.97. The van der Waals surface area contributed by atoms with Gasteiger partial charge in [-0.2, -0.15) is 0 Å². The van der Waals surface area contributed by atoms with Crippen molar-refractivity contribution in [2.45, 2.75) is 40.3 Å². The first kappa shape index (κ1) is 17.7. The Morgan fingerprint density at radius 1 is 0.833 bits per heavy atom. The zero-order chi connectivity index (χ0) is 17.9. The van der Waals surface area contributed by atoms with Gasteiger partial charge in [-0.15, -0.1) is 0 Å². The molecule has 0 spiro atoms. The summed E-state index contributed by atoms with van der Waals surface area (Å²) in [6, 6.07) is 12.9. The molecule has 126 valence electrons. The SMILES string of the molecule is Cc1cc(C)c(C(=O)NC(C)(C)NC(=O)c2ccccc2)c(C)c1. The monoisotopic (exact) mass is 324 g/mol. The van der Waals surface area contributed by atoms with Crippen molar-refractivity contribution in [3.05, 3.63) is 70.3 Å². The molecule has 0 bridgehead atoms. The molecule has 0 heterocycles. The Labute approximate surface area is 143 Å². The van der Waals surface area contributed by atoms with Gasteiger partial charge in [0.25, 0.3) is 11.8 Å². The summed E-state index contributed by atoms with van der Waals surface area (Å²) in [5, 5.41) is 5.76. The molecule has 4 heteroatoms. The first-order chi connectivity index (χ1) is 11.2. The van der Waals surface area contributed by atoms with Crippen LogP contribution in [0, 0.1) is 20.8 Å². The van der Waals surface area contributed by atoms with Crippen LogP contribution in [0.2, 0.25) is 0 Å². The van der Waals surface area contributed by atoms with Crippen LogP contribution in [0.4, 0.5) is 0 Å². The number of aryl methyl sites for hydroxylation is 3. The minimum absolute atomic E-state index is 0.191. The molecule has 0 radical (unpaired) electrons. The number of benzene rings is 2. The molecule has 2 aromatic carbocycles. The molecule has 2 N–H and O–H groups in total. The zero-order valence-corrected chi connectivity index (χ0v) is 14.9. The van der Waals surface area contributed by atoms with E-state index in [0.717, 1.165) is 16.7 Å². The van der Waals surface area contributed by atoms with Crippen molar-refractivity contribution in [1.29, 1.82) is 0 Å². The molecule has 0 fully saturated rings. The molecule has 0 atom stereocenters. The summed E-state index contributed by atoms with van der Waals surface area (Å²) in [4.78, 5) is 25.0. The number of hydrogen-bond donors (Lipinski definition) is 2. The number of rotatable bonds is 4. The van der Waals surface area contributed by atoms with Crippen LogP contribution in [0.1, 0.15) is 51.3 Å². The molecule has 0 saturated carbocycles. The van der Waals surface area contributed by atoms with E-state index in [1.54, 1.807) is 38.1 Å². The van der Waals surface area contributed by atoms with E-state index in [4.69, 9.17) is 0 Å². The van der Waals surface area contributed by atoms with Crippen LogP contribution in [-0.2, 0) is 0 Å². The lowest BCUT2D eigenvalue weighted by Crippen LogP contribution is -2.56. The Balaban J connectivity index is 2.14. The topological polar surface area (TPSA) is 58.2 Å². The third-order valence-electron chi connectivity index (χ3n) is 3.79. The van der Waals surface area contributed by atoms with E-state index in [2.05, 4.69) is 10.6 Å². The lowest BCUT2D eigenvalue weighted by atomic mass is 9.98. The van der Waals surface area contributed by atoms with Gasteiger partial charge in [0.15, 0.2) is 0 Å². The maximum atomic E-state index is 12.7. The van der Waals surface area contributed by atoms with E-state index in [1.807, 2.05) is 39.0 Å². The van der Waals surface area contributed by atoms with Crippen LogP contribution in [-0.4, -0.2) is 17.5 Å². The third-order valence-corrected chi connectivity index (χ3v) is 3.79. The van der Waals surface area contributed by atoms with Crippen LogP contribution in [0.15, 0.2) is 42.5 Å². The molecular formula is C20H24N2O2. The highest BCUT2D eigenvalue weighted by Gasteiger charge is 2.25. The third kappa shape index (κ3) is 4.22. The molecule has 4 nitrogen and oxygen atoms in total. The van der Waals surface area contributed by atoms with E-state index in [9.17, 15) is 9.59 Å². The fourth-order valence-corrected chi connectivity index (χ4v) is 2.86. The van der Waals surface area contributed by atoms with Gasteiger partial charge < -0.3 is 10.6 Å². The maximum Gasteiger partial charge on any atom is 0.253 e. The summed E-state index contributed by atoms with van der Waals surface area (Å²) < 4.78 is 0. The second-order valence-corrected chi connectivity index (χ2v) is 6.67. The fourth-order valence-electron chi connectivity index (χ4n) is 2.86. The summed E-state index contributed by atoms with van der Waals surface area (Å²) in [6.07, 6.45) is 0. The molecule has 0 unspecified atom stereocenters. The van der Waals surface area contributed by atoms with Gasteiger partial charge in [-0.1, -0.05) is 35.9 Å². The Bertz CT molecular complexity index is 741. The second-order valence-electron chi connectivity index (χ2n) is 6.67. The number of carbonyl (C=O) groups excluding carboxylic acids is 2. The predicted molar refractivity (Wildman–Crippen MR) is 96.1 cm³/mol. The molecule has 2 aromatic rings. The quantitative estimate of drug-likeness (QED) is 0.846. The van der Waals surface area contributed by atoms with Gasteiger partial charge in [-0.05, 0) is 57.9 Å². The van der Waals surface area contributed by atoms with E-state index < -0.39 is 5.66 Å². The summed E-state index contributed by atoms with van der Waals surface area (Å²) in [6.45, 7) is 9.38. The number of hydrogen-bond acceptors (Lipinski definition) is 2. The fraction of sp³-hybridized carbons (Fsp3) is 0.300. The lowest BCUT2D eigenvalue weighted by Gasteiger charge is -2.28. The maximum absolute atomic E-state index is 12.7. The van der Waals surface area contributed by atoms with Crippen molar-refractivity contribution < 1.29 is 9.59 Å². The Hall–Kier alpha value is -2.62. The summed E-state index contributed by atoms with van der Waals surface area (Å²) in [7, 11) is 0. The van der Waals surface area contributed by atoms with Crippen molar-refractivity contribution >= 4 is 11.8 Å². The molecular weight excluding hydrogens is 300 g/mol. The largest absolute Gasteiger partial charge is 0.330 e. The molecule has 0 aliphatic rings. The predicted octanol–water partition coefficient (Wildman–Crippen LogP) is 3.51. The van der Waals surface area contributed by atoms with E-state index in [-0.39, 0.29) is 11.8 Å². The molecule has 2 rings (SSSR count). The zero-order valence-electron chi connectivity index (χ0n) is 14.9. The van der Waals surface area contributed by atoms with Crippen molar-refractivity contribution in [2.24, 2.45) is 0 Å². The van der Waals surface area contributed by atoms with Crippen molar-refractivity contribution in [2.75, 3.05) is 0 Å². The molecule has 0 aliphatic carbocycles. The summed E-state index contributed by atoms with van der Waals surface area (Å²) >= 11 is 0. The van der Waals surface area contributed by atoms with Gasteiger partial charge in [0, 0.05) is 11.1 Å². The smallest absolute Gasteiger partial charge is 0.253 e. The Kier molecular flexibility index (Phi) is 5.07. The van der Waals surface area contributed by atoms with Crippen molar-refractivity contribution in [3.63, 3.8) is 0 Å². The van der Waals surface area contributed by atoms with Crippen LogP contribution < -0.4 is 10.6 Å². The Morgan fingerprint density at radius 3 is 1.88 bits per heavy atom. The number of carbonyl (C=O) groups is 2. The van der Waals surface area contributed by atoms with Gasteiger partial charge >= 0.3 is 0 Å². The van der Waals surface area contributed by atoms with Crippen LogP contribution in [0.3, 0.4) is 0 Å². The van der Waals surface area contributed by atoms with E-state index in [1.165, 1.54) is 0 Å². The van der Waals surface area contributed by atoms with Gasteiger partial charge in [-0.3, -0.25) is 9.59 Å². The number of amides is 2. The van der Waals surface area contributed by atoms with Crippen LogP contribution in [0.5, 0.6) is 0 Å². The van der Waals surface area contributed by atoms with E-state index >= 15 is 0 Å². The number of nitrogens with one attached hydrogen (secondary N) is 2. The minimum Gasteiger partial charge on any atom is -0.330 e. The van der Waals surface area contributed by atoms with Crippen LogP contribution in [0.25, 0.3) is 0 Å². The molecule has 24 heavy (non-hydrogen) atoms. The van der Waals surface area contributed by atoms with Gasteiger partial charge in [-0.25, -0.2) is 0 Å². The average Bonchev–Trinajstić information content (AvgIpc) is 2.45. The molecule has 0 saturated heterocycles. The molecule has 0 aliphatic heterocycles. The van der Waals surface area contributed by atoms with E-state index in [0.29, 0.717) is 11.1 Å². The Morgan fingerprint density at radius 2 is 1.33 bits per heavy atom. The first-order valence-electron chi connectivity index (χ1n) is 7.97. The molecule has 0 aromatic heterocycles. The van der Waals surface area contributed by atoms with Gasteiger partial charge in [0.2, 0.25) is 0 Å². The second kappa shape index (κ2) is 6.87. The van der Waals surface area contributed by atoms with Crippen molar-refractivity contribution in [3.8, 4) is 0 Å². The average molecular weight is 324 g/mol. The minimum atomic E-state index is -0.867. The summed E-state index contributed by atoms with van der Waals surface area (Å²) in [5.41, 5.74) is 3.32. The standard InChI is InChI=1S/C20H24N2O2/c1-13-11-14(2)17(15(3)12-13)19(24)22-20(4,5)21-18(23)16-9-7-6-8-10-16/h6-12H,1-5H3,(H,21,23)(H,22,24). The summed E-state index contributed by atoms with van der Waals surface area (Å²) in [5.74, 6) is -0.415. The lowest BCUT2D eigenvalue weighted by molar-refractivity contribution is 0.0834. The normalized spacial score (nSPS) is 11.0.